The minimum atomic E-state index is -0.0771. The zero-order chi connectivity index (χ0) is 12.3. The second kappa shape index (κ2) is 5.63. The Balaban J connectivity index is 2.11. The van der Waals surface area contributed by atoms with E-state index in [9.17, 15) is 9.59 Å². The second-order valence-electron chi connectivity index (χ2n) is 5.16. The summed E-state index contributed by atoms with van der Waals surface area (Å²) in [5.74, 6) is 0.331. The summed E-state index contributed by atoms with van der Waals surface area (Å²) in [5, 5.41) is 2.96. The molecule has 17 heavy (non-hydrogen) atoms. The van der Waals surface area contributed by atoms with Gasteiger partial charge in [0.25, 0.3) is 0 Å². The summed E-state index contributed by atoms with van der Waals surface area (Å²) in [6.45, 7) is 3.33. The maximum atomic E-state index is 12.0. The number of rotatable bonds is 2. The van der Waals surface area contributed by atoms with Gasteiger partial charge in [-0.15, -0.1) is 0 Å². The second-order valence-corrected chi connectivity index (χ2v) is 5.16. The molecule has 2 rings (SSSR count). The van der Waals surface area contributed by atoms with Gasteiger partial charge in [0, 0.05) is 6.54 Å². The lowest BCUT2D eigenvalue weighted by Crippen LogP contribution is -2.54. The summed E-state index contributed by atoms with van der Waals surface area (Å²) in [6, 6.07) is -0.107. The van der Waals surface area contributed by atoms with Crippen molar-refractivity contribution in [1.29, 1.82) is 0 Å². The topological polar surface area (TPSA) is 49.4 Å². The van der Waals surface area contributed by atoms with Crippen molar-refractivity contribution in [2.24, 2.45) is 0 Å². The summed E-state index contributed by atoms with van der Waals surface area (Å²) < 4.78 is 0. The Morgan fingerprint density at radius 3 is 2.76 bits per heavy atom. The van der Waals surface area contributed by atoms with Crippen LogP contribution in [0.1, 0.15) is 45.4 Å². The highest BCUT2D eigenvalue weighted by Gasteiger charge is 2.35. The molecule has 2 saturated heterocycles. The first kappa shape index (κ1) is 12.6. The van der Waals surface area contributed by atoms with Gasteiger partial charge >= 0.3 is 0 Å². The molecule has 2 atom stereocenters. The summed E-state index contributed by atoms with van der Waals surface area (Å²) in [6.07, 6.45) is 6.16. The quantitative estimate of drug-likeness (QED) is 0.783. The number of carbonyl (C=O) groups is 2. The van der Waals surface area contributed by atoms with Gasteiger partial charge < -0.3 is 5.32 Å². The van der Waals surface area contributed by atoms with Crippen LogP contribution >= 0.6 is 0 Å². The first-order valence-corrected chi connectivity index (χ1v) is 6.74. The van der Waals surface area contributed by atoms with Crippen LogP contribution in [-0.4, -0.2) is 41.8 Å². The smallest absolute Gasteiger partial charge is 0.237 e. The van der Waals surface area contributed by atoms with E-state index in [4.69, 9.17) is 0 Å². The summed E-state index contributed by atoms with van der Waals surface area (Å²) in [4.78, 5) is 25.8. The van der Waals surface area contributed by atoms with E-state index in [0.717, 1.165) is 51.6 Å². The Morgan fingerprint density at radius 2 is 2.00 bits per heavy atom. The first-order valence-electron chi connectivity index (χ1n) is 6.74. The molecule has 0 aromatic carbocycles. The van der Waals surface area contributed by atoms with Crippen LogP contribution in [0.5, 0.6) is 0 Å². The van der Waals surface area contributed by atoms with Gasteiger partial charge in [0.1, 0.15) is 5.78 Å². The zero-order valence-electron chi connectivity index (χ0n) is 10.6. The number of nitrogens with one attached hydrogen (secondary N) is 1. The number of piperidine rings is 1. The Bertz CT molecular complexity index is 304. The summed E-state index contributed by atoms with van der Waals surface area (Å²) in [7, 11) is 0. The third-order valence-corrected chi connectivity index (χ3v) is 3.92. The predicted molar refractivity (Wildman–Crippen MR) is 65.7 cm³/mol. The van der Waals surface area contributed by atoms with Gasteiger partial charge in [-0.25, -0.2) is 0 Å². The number of carbonyl (C=O) groups excluding carboxylic acids is 2. The summed E-state index contributed by atoms with van der Waals surface area (Å²) >= 11 is 0. The molecule has 0 bridgehead atoms. The molecule has 0 aromatic rings. The molecule has 2 fully saturated rings. The van der Waals surface area contributed by atoms with Gasteiger partial charge in [0.2, 0.25) is 5.91 Å². The summed E-state index contributed by atoms with van der Waals surface area (Å²) in [5.41, 5.74) is 0. The lowest BCUT2D eigenvalue weighted by atomic mass is 9.95. The number of ketones is 1. The highest BCUT2D eigenvalue weighted by Crippen LogP contribution is 2.23. The number of nitrogens with zero attached hydrogens (tertiary/aromatic N) is 1. The van der Waals surface area contributed by atoms with E-state index in [1.165, 1.54) is 0 Å². The fourth-order valence-electron chi connectivity index (χ4n) is 3.00. The van der Waals surface area contributed by atoms with Crippen LogP contribution in [-0.2, 0) is 9.59 Å². The third kappa shape index (κ3) is 2.86. The molecule has 2 aliphatic heterocycles. The monoisotopic (exact) mass is 238 g/mol. The number of Topliss-reactive ketones (excluding diaryl/α,β-unsaturated/α-hetero) is 1. The molecule has 4 heteroatoms. The van der Waals surface area contributed by atoms with Crippen molar-refractivity contribution in [3.63, 3.8) is 0 Å². The molecule has 1 N–H and O–H groups in total. The van der Waals surface area contributed by atoms with Crippen molar-refractivity contribution in [3.8, 4) is 0 Å². The van der Waals surface area contributed by atoms with Gasteiger partial charge in [-0.05, 0) is 45.6 Å². The standard InChI is InChI=1S/C13H22N2O2/c1-10(16)11-6-3-5-9-15(11)12-7-2-4-8-14-13(12)17/h11-12H,2-9H2,1H3,(H,14,17). The van der Waals surface area contributed by atoms with Crippen molar-refractivity contribution in [3.05, 3.63) is 0 Å². The number of likely N-dealkylation sites (tertiary alicyclic amines) is 1. The van der Waals surface area contributed by atoms with Crippen LogP contribution in [0.2, 0.25) is 0 Å². The molecule has 0 spiro atoms. The van der Waals surface area contributed by atoms with Crippen LogP contribution in [0.4, 0.5) is 0 Å². The fraction of sp³-hybridized carbons (Fsp3) is 0.846. The van der Waals surface area contributed by atoms with Crippen LogP contribution in [0.15, 0.2) is 0 Å². The number of hydrogen-bond donors (Lipinski definition) is 1. The van der Waals surface area contributed by atoms with Gasteiger partial charge in [0.05, 0.1) is 12.1 Å². The molecule has 0 saturated carbocycles. The van der Waals surface area contributed by atoms with Crippen molar-refractivity contribution in [2.75, 3.05) is 13.1 Å². The molecule has 2 unspecified atom stereocenters. The Hall–Kier alpha value is -0.900. The first-order chi connectivity index (χ1) is 8.20. The van der Waals surface area contributed by atoms with E-state index in [-0.39, 0.29) is 23.8 Å². The number of amides is 1. The molecule has 2 heterocycles. The normalized spacial score (nSPS) is 31.7. The Morgan fingerprint density at radius 1 is 1.24 bits per heavy atom. The average molecular weight is 238 g/mol. The van der Waals surface area contributed by atoms with Crippen LogP contribution in [0.25, 0.3) is 0 Å². The molecule has 4 nitrogen and oxygen atoms in total. The predicted octanol–water partition coefficient (Wildman–Crippen LogP) is 1.10. The molecule has 1 amide bonds. The molecule has 0 radical (unpaired) electrons. The van der Waals surface area contributed by atoms with E-state index in [0.29, 0.717) is 0 Å². The lowest BCUT2D eigenvalue weighted by Gasteiger charge is -2.38. The maximum Gasteiger partial charge on any atom is 0.237 e. The third-order valence-electron chi connectivity index (χ3n) is 3.92. The van der Waals surface area contributed by atoms with Crippen molar-refractivity contribution < 1.29 is 9.59 Å². The van der Waals surface area contributed by atoms with Crippen LogP contribution < -0.4 is 5.32 Å². The molecule has 2 aliphatic rings. The van der Waals surface area contributed by atoms with Gasteiger partial charge in [0.15, 0.2) is 0 Å². The minimum absolute atomic E-state index is 0.0300. The minimum Gasteiger partial charge on any atom is -0.355 e. The Kier molecular flexibility index (Phi) is 4.15. The van der Waals surface area contributed by atoms with Crippen molar-refractivity contribution in [1.82, 2.24) is 10.2 Å². The Labute approximate surface area is 103 Å². The molecular weight excluding hydrogens is 216 g/mol. The highest BCUT2D eigenvalue weighted by atomic mass is 16.2. The SMILES string of the molecule is CC(=O)C1CCCCN1C1CCCCNC1=O. The van der Waals surface area contributed by atoms with E-state index in [2.05, 4.69) is 10.2 Å². The van der Waals surface area contributed by atoms with Gasteiger partial charge in [-0.3, -0.25) is 14.5 Å². The van der Waals surface area contributed by atoms with E-state index < -0.39 is 0 Å². The van der Waals surface area contributed by atoms with E-state index in [1.54, 1.807) is 6.92 Å². The van der Waals surface area contributed by atoms with E-state index >= 15 is 0 Å². The lowest BCUT2D eigenvalue weighted by molar-refractivity contribution is -0.132. The van der Waals surface area contributed by atoms with Gasteiger partial charge in [-0.2, -0.15) is 0 Å². The highest BCUT2D eigenvalue weighted by molar-refractivity contribution is 5.85. The van der Waals surface area contributed by atoms with Crippen LogP contribution in [0, 0.1) is 0 Å². The molecule has 96 valence electrons. The van der Waals surface area contributed by atoms with Gasteiger partial charge in [-0.1, -0.05) is 6.42 Å². The van der Waals surface area contributed by atoms with Crippen molar-refractivity contribution in [2.45, 2.75) is 57.5 Å². The molecular formula is C13H22N2O2. The number of hydrogen-bond acceptors (Lipinski definition) is 3. The van der Waals surface area contributed by atoms with Crippen molar-refractivity contribution >= 4 is 11.7 Å². The molecule has 0 aliphatic carbocycles. The average Bonchev–Trinajstić information content (AvgIpc) is 2.54. The van der Waals surface area contributed by atoms with E-state index in [1.807, 2.05) is 0 Å². The largest absolute Gasteiger partial charge is 0.355 e. The zero-order valence-corrected chi connectivity index (χ0v) is 10.6. The molecule has 0 aromatic heterocycles. The maximum absolute atomic E-state index is 12.0. The van der Waals surface area contributed by atoms with Crippen LogP contribution in [0.3, 0.4) is 0 Å². The fourth-order valence-corrected chi connectivity index (χ4v) is 3.00.